The van der Waals surface area contributed by atoms with E-state index in [1.807, 2.05) is 0 Å². The van der Waals surface area contributed by atoms with Crippen LogP contribution in [0.5, 0.6) is 0 Å². The van der Waals surface area contributed by atoms with Crippen molar-refractivity contribution in [3.63, 3.8) is 0 Å². The maximum absolute atomic E-state index is 2.58. The Bertz CT molecular complexity index is 180. The molecular weight excluding hydrogens is 146 g/mol. The molecule has 12 heavy (non-hydrogen) atoms. The number of likely N-dealkylation sites (tertiary alicyclic amines) is 1. The first kappa shape index (κ1) is 8.55. The molecule has 1 nitrogen and oxygen atoms in total. The van der Waals surface area contributed by atoms with Gasteiger partial charge in [0.05, 0.1) is 0 Å². The van der Waals surface area contributed by atoms with Crippen LogP contribution in [0.15, 0.2) is 0 Å². The molecule has 0 amide bonds. The molecule has 2 rings (SSSR count). The Labute approximate surface area is 76.1 Å². The Kier molecular flexibility index (Phi) is 1.76. The second-order valence-corrected chi connectivity index (χ2v) is 5.81. The number of rotatable bonds is 0. The number of piperidine rings is 1. The average molecular weight is 167 g/mol. The highest BCUT2D eigenvalue weighted by Crippen LogP contribution is 2.49. The van der Waals surface area contributed by atoms with E-state index in [4.69, 9.17) is 0 Å². The van der Waals surface area contributed by atoms with Crippen molar-refractivity contribution < 1.29 is 0 Å². The highest BCUT2D eigenvalue weighted by atomic mass is 15.2. The van der Waals surface area contributed by atoms with Crippen LogP contribution in [0, 0.1) is 17.3 Å². The molecule has 2 aliphatic rings. The van der Waals surface area contributed by atoms with Crippen LogP contribution in [0.3, 0.4) is 0 Å². The lowest BCUT2D eigenvalue weighted by molar-refractivity contribution is 0.0830. The van der Waals surface area contributed by atoms with Crippen LogP contribution in [0.1, 0.15) is 33.6 Å². The van der Waals surface area contributed by atoms with Crippen LogP contribution in [0.4, 0.5) is 0 Å². The summed E-state index contributed by atoms with van der Waals surface area (Å²) >= 11 is 0. The van der Waals surface area contributed by atoms with Gasteiger partial charge in [0.1, 0.15) is 0 Å². The first-order chi connectivity index (χ1) is 5.48. The molecule has 0 N–H and O–H groups in total. The van der Waals surface area contributed by atoms with E-state index in [1.54, 1.807) is 0 Å². The summed E-state index contributed by atoms with van der Waals surface area (Å²) in [6.45, 7) is 8.47. The van der Waals surface area contributed by atoms with E-state index in [0.29, 0.717) is 5.41 Å². The van der Waals surface area contributed by atoms with Gasteiger partial charge in [0.15, 0.2) is 0 Å². The summed E-state index contributed by atoms with van der Waals surface area (Å²) < 4.78 is 0. The van der Waals surface area contributed by atoms with Gasteiger partial charge in [0.25, 0.3) is 0 Å². The molecule has 1 aliphatic carbocycles. The Morgan fingerprint density at radius 3 is 2.33 bits per heavy atom. The van der Waals surface area contributed by atoms with Gasteiger partial charge in [-0.15, -0.1) is 0 Å². The van der Waals surface area contributed by atoms with Crippen molar-refractivity contribution in [3.05, 3.63) is 0 Å². The maximum atomic E-state index is 2.58. The van der Waals surface area contributed by atoms with E-state index in [1.165, 1.54) is 19.4 Å². The Morgan fingerprint density at radius 2 is 1.75 bits per heavy atom. The molecule has 70 valence electrons. The molecule has 1 saturated carbocycles. The summed E-state index contributed by atoms with van der Waals surface area (Å²) in [4.78, 5) is 2.58. The van der Waals surface area contributed by atoms with E-state index < -0.39 is 0 Å². The molecule has 0 aromatic heterocycles. The molecule has 1 saturated heterocycles. The standard InChI is InChI=1S/C11H21N/c1-11(2,3)10-6-8-5-9(8)7-12(10)4/h8-10H,5-7H2,1-4H3. The van der Waals surface area contributed by atoms with Gasteiger partial charge in [-0.3, -0.25) is 0 Å². The van der Waals surface area contributed by atoms with E-state index in [-0.39, 0.29) is 0 Å². The Morgan fingerprint density at radius 1 is 1.08 bits per heavy atom. The zero-order valence-electron chi connectivity index (χ0n) is 8.80. The Balaban J connectivity index is 2.04. The Hall–Kier alpha value is -0.0400. The SMILES string of the molecule is CN1CC2CC2CC1C(C)(C)C. The summed E-state index contributed by atoms with van der Waals surface area (Å²) in [5, 5.41) is 0. The van der Waals surface area contributed by atoms with E-state index in [2.05, 4.69) is 32.7 Å². The van der Waals surface area contributed by atoms with Gasteiger partial charge >= 0.3 is 0 Å². The van der Waals surface area contributed by atoms with Gasteiger partial charge in [-0.1, -0.05) is 20.8 Å². The van der Waals surface area contributed by atoms with E-state index in [0.717, 1.165) is 17.9 Å². The van der Waals surface area contributed by atoms with Gasteiger partial charge in [-0.05, 0) is 37.1 Å². The number of fused-ring (bicyclic) bond motifs is 1. The van der Waals surface area contributed by atoms with Crippen molar-refractivity contribution in [1.29, 1.82) is 0 Å². The smallest absolute Gasteiger partial charge is 0.0144 e. The largest absolute Gasteiger partial charge is 0.303 e. The molecular formula is C11H21N. The predicted molar refractivity (Wildman–Crippen MR) is 52.1 cm³/mol. The highest BCUT2D eigenvalue weighted by Gasteiger charge is 2.47. The van der Waals surface area contributed by atoms with Crippen LogP contribution in [-0.2, 0) is 0 Å². The molecule has 3 atom stereocenters. The fourth-order valence-electron chi connectivity index (χ4n) is 2.80. The summed E-state index contributed by atoms with van der Waals surface area (Å²) in [5.74, 6) is 2.15. The monoisotopic (exact) mass is 167 g/mol. The zero-order valence-corrected chi connectivity index (χ0v) is 8.80. The average Bonchev–Trinajstić information content (AvgIpc) is 2.61. The third-order valence-electron chi connectivity index (χ3n) is 3.65. The summed E-state index contributed by atoms with van der Waals surface area (Å²) in [6, 6.07) is 0.821. The van der Waals surface area contributed by atoms with Gasteiger partial charge in [0.2, 0.25) is 0 Å². The van der Waals surface area contributed by atoms with E-state index in [9.17, 15) is 0 Å². The molecule has 1 heteroatoms. The number of nitrogens with zero attached hydrogens (tertiary/aromatic N) is 1. The summed E-state index contributed by atoms with van der Waals surface area (Å²) in [7, 11) is 2.30. The van der Waals surface area contributed by atoms with Gasteiger partial charge < -0.3 is 4.90 Å². The fraction of sp³-hybridized carbons (Fsp3) is 1.00. The molecule has 0 aromatic carbocycles. The second-order valence-electron chi connectivity index (χ2n) is 5.81. The number of hydrogen-bond donors (Lipinski definition) is 0. The minimum absolute atomic E-state index is 0.475. The van der Waals surface area contributed by atoms with Gasteiger partial charge in [-0.2, -0.15) is 0 Å². The molecule has 1 aliphatic heterocycles. The van der Waals surface area contributed by atoms with Crippen LogP contribution in [0.25, 0.3) is 0 Å². The lowest BCUT2D eigenvalue weighted by Crippen LogP contribution is -2.45. The minimum Gasteiger partial charge on any atom is -0.303 e. The van der Waals surface area contributed by atoms with Crippen LogP contribution >= 0.6 is 0 Å². The van der Waals surface area contributed by atoms with Crippen LogP contribution in [-0.4, -0.2) is 24.5 Å². The third-order valence-corrected chi connectivity index (χ3v) is 3.65. The van der Waals surface area contributed by atoms with Crippen LogP contribution < -0.4 is 0 Å². The highest BCUT2D eigenvalue weighted by molar-refractivity contribution is 4.99. The van der Waals surface area contributed by atoms with Gasteiger partial charge in [-0.25, -0.2) is 0 Å². The zero-order chi connectivity index (χ0) is 8.93. The first-order valence-corrected chi connectivity index (χ1v) is 5.18. The molecule has 0 spiro atoms. The number of hydrogen-bond acceptors (Lipinski definition) is 1. The molecule has 3 unspecified atom stereocenters. The normalized spacial score (nSPS) is 42.5. The van der Waals surface area contributed by atoms with Gasteiger partial charge in [0, 0.05) is 12.6 Å². The molecule has 2 fully saturated rings. The van der Waals surface area contributed by atoms with Crippen molar-refractivity contribution in [2.45, 2.75) is 39.7 Å². The first-order valence-electron chi connectivity index (χ1n) is 5.18. The second kappa shape index (κ2) is 2.47. The third kappa shape index (κ3) is 1.39. The molecule has 0 radical (unpaired) electrons. The van der Waals surface area contributed by atoms with E-state index >= 15 is 0 Å². The quantitative estimate of drug-likeness (QED) is 0.535. The fourth-order valence-corrected chi connectivity index (χ4v) is 2.80. The van der Waals surface area contributed by atoms with Crippen molar-refractivity contribution in [3.8, 4) is 0 Å². The maximum Gasteiger partial charge on any atom is 0.0144 e. The molecule has 1 heterocycles. The predicted octanol–water partition coefficient (Wildman–Crippen LogP) is 2.37. The lowest BCUT2D eigenvalue weighted by Gasteiger charge is -2.41. The molecule has 0 bridgehead atoms. The van der Waals surface area contributed by atoms with Crippen molar-refractivity contribution in [2.24, 2.45) is 17.3 Å². The summed E-state index contributed by atoms with van der Waals surface area (Å²) in [5.41, 5.74) is 0.475. The molecule has 0 aromatic rings. The topological polar surface area (TPSA) is 3.24 Å². The van der Waals surface area contributed by atoms with Crippen molar-refractivity contribution >= 4 is 0 Å². The lowest BCUT2D eigenvalue weighted by atomic mass is 9.81. The van der Waals surface area contributed by atoms with Crippen molar-refractivity contribution in [1.82, 2.24) is 4.90 Å². The summed E-state index contributed by atoms with van der Waals surface area (Å²) in [6.07, 6.45) is 2.96. The minimum atomic E-state index is 0.475. The van der Waals surface area contributed by atoms with Crippen molar-refractivity contribution in [2.75, 3.05) is 13.6 Å². The van der Waals surface area contributed by atoms with Crippen LogP contribution in [0.2, 0.25) is 0 Å².